The van der Waals surface area contributed by atoms with Crippen LogP contribution in [0.25, 0.3) is 0 Å². The summed E-state index contributed by atoms with van der Waals surface area (Å²) < 4.78 is 0. The second kappa shape index (κ2) is 2.88. The minimum Gasteiger partial charge on any atom is -0.282 e. The Balaban J connectivity index is 3.07. The average molecular weight is 151 g/mol. The predicted molar refractivity (Wildman–Crippen MR) is 43.3 cm³/mol. The first-order chi connectivity index (χ1) is 4.70. The van der Waals surface area contributed by atoms with E-state index in [1.165, 1.54) is 0 Å². The molecule has 1 nitrogen and oxygen atoms in total. The molecular formula is C8H7OS. The molecule has 10 heavy (non-hydrogen) atoms. The van der Waals surface area contributed by atoms with Crippen molar-refractivity contribution in [3.05, 3.63) is 35.4 Å². The first-order valence-corrected chi connectivity index (χ1v) is 3.36. The number of benzene rings is 1. The molecule has 0 N–H and O–H groups in total. The van der Waals surface area contributed by atoms with E-state index in [1.54, 1.807) is 12.1 Å². The molecule has 1 aromatic rings. The molecule has 0 atom stereocenters. The van der Waals surface area contributed by atoms with Crippen LogP contribution in [0.5, 0.6) is 0 Å². The van der Waals surface area contributed by atoms with Gasteiger partial charge in [-0.3, -0.25) is 4.79 Å². The summed E-state index contributed by atoms with van der Waals surface area (Å²) in [7, 11) is 0. The maximum Gasteiger partial charge on any atom is 0.216 e. The van der Waals surface area contributed by atoms with E-state index in [0.717, 1.165) is 5.56 Å². The summed E-state index contributed by atoms with van der Waals surface area (Å²) in [5.41, 5.74) is 1.58. The lowest BCUT2D eigenvalue weighted by atomic mass is 10.2. The summed E-state index contributed by atoms with van der Waals surface area (Å²) in [4.78, 5) is 10.6. The highest BCUT2D eigenvalue weighted by Crippen LogP contribution is 2.04. The molecule has 0 spiro atoms. The smallest absolute Gasteiger partial charge is 0.216 e. The number of carbonyl (C=O) groups excluding carboxylic acids is 1. The predicted octanol–water partition coefficient (Wildman–Crippen LogP) is 1.87. The van der Waals surface area contributed by atoms with Gasteiger partial charge < -0.3 is 0 Å². The number of aryl methyl sites for hydroxylation is 1. The molecule has 0 aliphatic carbocycles. The van der Waals surface area contributed by atoms with E-state index in [1.807, 2.05) is 13.0 Å². The topological polar surface area (TPSA) is 17.1 Å². The lowest BCUT2D eigenvalue weighted by Crippen LogP contribution is -1.88. The molecule has 1 rings (SSSR count). The lowest BCUT2D eigenvalue weighted by Gasteiger charge is -1.93. The van der Waals surface area contributed by atoms with E-state index >= 15 is 0 Å². The number of thiol groups is 1. The van der Waals surface area contributed by atoms with Crippen LogP contribution in [0.3, 0.4) is 0 Å². The van der Waals surface area contributed by atoms with Crippen molar-refractivity contribution >= 4 is 17.7 Å². The molecule has 1 aromatic carbocycles. The second-order valence-corrected chi connectivity index (χ2v) is 2.49. The van der Waals surface area contributed by atoms with Gasteiger partial charge in [-0.15, -0.1) is 12.6 Å². The fourth-order valence-corrected chi connectivity index (χ4v) is 0.833. The molecule has 0 aliphatic heterocycles. The Morgan fingerprint density at radius 1 is 1.70 bits per heavy atom. The first-order valence-electron chi connectivity index (χ1n) is 2.92. The minimum absolute atomic E-state index is 0.233. The molecule has 0 unspecified atom stereocenters. The molecule has 2 heteroatoms. The van der Waals surface area contributed by atoms with Crippen LogP contribution in [-0.2, 0) is 0 Å². The molecule has 0 amide bonds. The quantitative estimate of drug-likeness (QED) is 0.606. The van der Waals surface area contributed by atoms with Crippen LogP contribution in [0.15, 0.2) is 18.2 Å². The van der Waals surface area contributed by atoms with Crippen molar-refractivity contribution in [2.45, 2.75) is 6.92 Å². The van der Waals surface area contributed by atoms with E-state index in [2.05, 4.69) is 18.7 Å². The summed E-state index contributed by atoms with van der Waals surface area (Å²) in [5, 5.41) is -0.233. The summed E-state index contributed by atoms with van der Waals surface area (Å²) >= 11 is 3.66. The number of hydrogen-bond donors (Lipinski definition) is 1. The maximum atomic E-state index is 10.6. The van der Waals surface area contributed by atoms with Crippen molar-refractivity contribution in [2.75, 3.05) is 0 Å². The molecule has 0 aliphatic rings. The van der Waals surface area contributed by atoms with E-state index in [-0.39, 0.29) is 5.12 Å². The Labute approximate surface area is 65.5 Å². The Bertz CT molecular complexity index is 255. The van der Waals surface area contributed by atoms with Gasteiger partial charge in [0.25, 0.3) is 0 Å². The molecule has 0 saturated carbocycles. The monoisotopic (exact) mass is 151 g/mol. The van der Waals surface area contributed by atoms with Gasteiger partial charge >= 0.3 is 0 Å². The third-order valence-corrected chi connectivity index (χ3v) is 1.43. The Kier molecular flexibility index (Phi) is 2.12. The van der Waals surface area contributed by atoms with E-state index in [0.29, 0.717) is 5.56 Å². The Morgan fingerprint density at radius 2 is 2.40 bits per heavy atom. The van der Waals surface area contributed by atoms with Crippen molar-refractivity contribution in [1.82, 2.24) is 0 Å². The van der Waals surface area contributed by atoms with E-state index in [4.69, 9.17) is 0 Å². The number of rotatable bonds is 1. The molecule has 0 saturated heterocycles. The Hall–Kier alpha value is -0.760. The maximum absolute atomic E-state index is 10.6. The fraction of sp³-hybridized carbons (Fsp3) is 0.125. The van der Waals surface area contributed by atoms with E-state index < -0.39 is 0 Å². The van der Waals surface area contributed by atoms with Crippen molar-refractivity contribution in [3.8, 4) is 0 Å². The highest BCUT2D eigenvalue weighted by atomic mass is 32.1. The van der Waals surface area contributed by atoms with Crippen molar-refractivity contribution in [3.63, 3.8) is 0 Å². The molecule has 1 radical (unpaired) electrons. The lowest BCUT2D eigenvalue weighted by molar-refractivity contribution is 0.109. The van der Waals surface area contributed by atoms with Crippen molar-refractivity contribution < 1.29 is 4.79 Å². The van der Waals surface area contributed by atoms with Gasteiger partial charge in [-0.1, -0.05) is 17.7 Å². The molecule has 0 heterocycles. The van der Waals surface area contributed by atoms with E-state index in [9.17, 15) is 4.79 Å². The van der Waals surface area contributed by atoms with Crippen molar-refractivity contribution in [2.24, 2.45) is 0 Å². The zero-order valence-corrected chi connectivity index (χ0v) is 6.48. The van der Waals surface area contributed by atoms with Crippen LogP contribution in [0.2, 0.25) is 0 Å². The summed E-state index contributed by atoms with van der Waals surface area (Å²) in [6.45, 7) is 1.92. The molecule has 0 bridgehead atoms. The molecule has 51 valence electrons. The van der Waals surface area contributed by atoms with Gasteiger partial charge in [0.1, 0.15) is 0 Å². The number of hydrogen-bond acceptors (Lipinski definition) is 1. The standard InChI is InChI=1S/C8H7OS/c1-6-3-2-4-7(5-6)8(9)10/h2-3,5H,1H3,(H,9,10). The van der Waals surface area contributed by atoms with Gasteiger partial charge in [0.15, 0.2) is 0 Å². The van der Waals surface area contributed by atoms with Gasteiger partial charge in [0.05, 0.1) is 0 Å². The molecule has 0 aromatic heterocycles. The van der Waals surface area contributed by atoms with Crippen LogP contribution >= 0.6 is 12.6 Å². The SMILES string of the molecule is Cc1cc[c]c(C(=O)S)c1. The molecular weight excluding hydrogens is 144 g/mol. The summed E-state index contributed by atoms with van der Waals surface area (Å²) in [6, 6.07) is 8.15. The zero-order valence-electron chi connectivity index (χ0n) is 5.59. The van der Waals surface area contributed by atoms with Gasteiger partial charge in [0.2, 0.25) is 5.12 Å². The summed E-state index contributed by atoms with van der Waals surface area (Å²) in [5.74, 6) is 0. The zero-order chi connectivity index (χ0) is 7.56. The minimum atomic E-state index is -0.233. The van der Waals surface area contributed by atoms with Crippen LogP contribution in [0.4, 0.5) is 0 Å². The third kappa shape index (κ3) is 1.61. The van der Waals surface area contributed by atoms with Gasteiger partial charge in [-0.25, -0.2) is 0 Å². The highest BCUT2D eigenvalue weighted by molar-refractivity contribution is 7.97. The first kappa shape index (κ1) is 7.35. The second-order valence-electron chi connectivity index (χ2n) is 2.08. The normalized spacial score (nSPS) is 9.40. The van der Waals surface area contributed by atoms with Crippen molar-refractivity contribution in [1.29, 1.82) is 0 Å². The third-order valence-electron chi connectivity index (χ3n) is 1.19. The largest absolute Gasteiger partial charge is 0.282 e. The van der Waals surface area contributed by atoms with Gasteiger partial charge in [0, 0.05) is 5.56 Å². The van der Waals surface area contributed by atoms with Crippen LogP contribution in [0.1, 0.15) is 15.9 Å². The summed E-state index contributed by atoms with van der Waals surface area (Å²) in [6.07, 6.45) is 0. The average Bonchev–Trinajstić information content (AvgIpc) is 1.88. The van der Waals surface area contributed by atoms with Crippen LogP contribution in [-0.4, -0.2) is 5.12 Å². The van der Waals surface area contributed by atoms with Gasteiger partial charge in [-0.2, -0.15) is 0 Å². The Morgan fingerprint density at radius 3 is 2.80 bits per heavy atom. The number of carbonyl (C=O) groups is 1. The highest BCUT2D eigenvalue weighted by Gasteiger charge is 1.97. The van der Waals surface area contributed by atoms with Gasteiger partial charge in [-0.05, 0) is 19.1 Å². The molecule has 0 fully saturated rings. The van der Waals surface area contributed by atoms with Crippen LogP contribution < -0.4 is 0 Å². The van der Waals surface area contributed by atoms with Crippen LogP contribution in [0, 0.1) is 13.0 Å². The fourth-order valence-electron chi connectivity index (χ4n) is 0.704.